The molecule has 0 amide bonds. The van der Waals surface area contributed by atoms with Gasteiger partial charge in [-0.25, -0.2) is 0 Å². The molecule has 0 bridgehead atoms. The Morgan fingerprint density at radius 1 is 1.45 bits per heavy atom. The van der Waals surface area contributed by atoms with E-state index in [2.05, 4.69) is 24.0 Å². The van der Waals surface area contributed by atoms with Crippen molar-refractivity contribution in [1.29, 1.82) is 0 Å². The molecule has 2 N–H and O–H groups in total. The Labute approximate surface area is 121 Å². The van der Waals surface area contributed by atoms with Crippen molar-refractivity contribution in [2.45, 2.75) is 64.4 Å². The number of nitrogens with two attached hydrogens (primary N) is 1. The van der Waals surface area contributed by atoms with E-state index in [1.165, 1.54) is 0 Å². The van der Waals surface area contributed by atoms with E-state index in [0.717, 1.165) is 43.8 Å². The standard InChI is InChI=1S/C15H27N3O2/c1-4-19-15(8-5-11(2)6-9-15)14-17-13(20-18-14)12(3)7-10-16/h11-12H,4-10,16H2,1-3H3. The monoisotopic (exact) mass is 281 g/mol. The van der Waals surface area contributed by atoms with Crippen LogP contribution in [0.25, 0.3) is 0 Å². The van der Waals surface area contributed by atoms with Gasteiger partial charge in [-0.2, -0.15) is 4.98 Å². The molecule has 0 saturated heterocycles. The van der Waals surface area contributed by atoms with Crippen LogP contribution in [0.1, 0.15) is 70.5 Å². The molecule has 5 heteroatoms. The van der Waals surface area contributed by atoms with Gasteiger partial charge in [0.05, 0.1) is 0 Å². The van der Waals surface area contributed by atoms with Gasteiger partial charge in [0.2, 0.25) is 11.7 Å². The van der Waals surface area contributed by atoms with E-state index in [4.69, 9.17) is 15.0 Å². The molecule has 20 heavy (non-hydrogen) atoms. The van der Waals surface area contributed by atoms with Crippen molar-refractivity contribution in [2.75, 3.05) is 13.2 Å². The number of rotatable bonds is 6. The lowest BCUT2D eigenvalue weighted by molar-refractivity contribution is -0.0847. The lowest BCUT2D eigenvalue weighted by Gasteiger charge is -2.36. The van der Waals surface area contributed by atoms with Crippen molar-refractivity contribution in [3.8, 4) is 0 Å². The maximum absolute atomic E-state index is 6.05. The molecule has 0 aliphatic heterocycles. The first kappa shape index (κ1) is 15.4. The normalized spacial score (nSPS) is 28.5. The Morgan fingerprint density at radius 2 is 2.15 bits per heavy atom. The molecule has 1 fully saturated rings. The Hall–Kier alpha value is -0.940. The summed E-state index contributed by atoms with van der Waals surface area (Å²) in [5.74, 6) is 2.38. The van der Waals surface area contributed by atoms with Crippen molar-refractivity contribution in [3.05, 3.63) is 11.7 Å². The lowest BCUT2D eigenvalue weighted by atomic mass is 9.79. The summed E-state index contributed by atoms with van der Waals surface area (Å²) in [6.07, 6.45) is 5.13. The summed E-state index contributed by atoms with van der Waals surface area (Å²) in [5.41, 5.74) is 5.25. The van der Waals surface area contributed by atoms with Gasteiger partial charge in [0, 0.05) is 12.5 Å². The van der Waals surface area contributed by atoms with Crippen LogP contribution in [-0.4, -0.2) is 23.3 Å². The molecule has 1 heterocycles. The maximum Gasteiger partial charge on any atom is 0.229 e. The molecule has 1 atom stereocenters. The molecule has 1 saturated carbocycles. The van der Waals surface area contributed by atoms with Crippen molar-refractivity contribution in [1.82, 2.24) is 10.1 Å². The van der Waals surface area contributed by atoms with Crippen LogP contribution in [0.3, 0.4) is 0 Å². The van der Waals surface area contributed by atoms with Gasteiger partial charge >= 0.3 is 0 Å². The predicted octanol–water partition coefficient (Wildman–Crippen LogP) is 2.96. The fourth-order valence-corrected chi connectivity index (χ4v) is 2.93. The Balaban J connectivity index is 2.17. The van der Waals surface area contributed by atoms with Gasteiger partial charge in [-0.3, -0.25) is 0 Å². The highest BCUT2D eigenvalue weighted by atomic mass is 16.5. The van der Waals surface area contributed by atoms with E-state index >= 15 is 0 Å². The highest BCUT2D eigenvalue weighted by Gasteiger charge is 2.41. The van der Waals surface area contributed by atoms with Gasteiger partial charge in [0.15, 0.2) is 0 Å². The van der Waals surface area contributed by atoms with E-state index in [0.29, 0.717) is 19.0 Å². The number of hydrogen-bond acceptors (Lipinski definition) is 5. The Bertz CT molecular complexity index is 411. The van der Waals surface area contributed by atoms with Gasteiger partial charge in [-0.15, -0.1) is 0 Å². The van der Waals surface area contributed by atoms with E-state index in [9.17, 15) is 0 Å². The summed E-state index contributed by atoms with van der Waals surface area (Å²) >= 11 is 0. The molecule has 1 unspecified atom stereocenters. The summed E-state index contributed by atoms with van der Waals surface area (Å²) in [6, 6.07) is 0. The second-order valence-electron chi connectivity index (χ2n) is 6.04. The summed E-state index contributed by atoms with van der Waals surface area (Å²) in [6.45, 7) is 7.70. The second kappa shape index (κ2) is 6.68. The van der Waals surface area contributed by atoms with Gasteiger partial charge in [-0.1, -0.05) is 19.0 Å². The molecule has 1 aromatic rings. The van der Waals surface area contributed by atoms with Crippen LogP contribution in [0, 0.1) is 5.92 Å². The van der Waals surface area contributed by atoms with Crippen molar-refractivity contribution in [3.63, 3.8) is 0 Å². The average Bonchev–Trinajstić information content (AvgIpc) is 2.92. The van der Waals surface area contributed by atoms with Crippen molar-refractivity contribution >= 4 is 0 Å². The van der Waals surface area contributed by atoms with Crippen LogP contribution in [0.5, 0.6) is 0 Å². The maximum atomic E-state index is 6.05. The van der Waals surface area contributed by atoms with E-state index in [1.54, 1.807) is 0 Å². The third-order valence-corrected chi connectivity index (χ3v) is 4.37. The van der Waals surface area contributed by atoms with E-state index in [-0.39, 0.29) is 11.5 Å². The number of hydrogen-bond donors (Lipinski definition) is 1. The zero-order chi connectivity index (χ0) is 14.6. The Morgan fingerprint density at radius 3 is 2.75 bits per heavy atom. The Kier molecular flexibility index (Phi) is 5.16. The van der Waals surface area contributed by atoms with Crippen molar-refractivity contribution < 1.29 is 9.26 Å². The van der Waals surface area contributed by atoms with Gasteiger partial charge < -0.3 is 15.0 Å². The van der Waals surface area contributed by atoms with Crippen LogP contribution in [0.15, 0.2) is 4.52 Å². The quantitative estimate of drug-likeness (QED) is 0.867. The molecule has 2 rings (SSSR count). The van der Waals surface area contributed by atoms with E-state index < -0.39 is 0 Å². The molecule has 0 radical (unpaired) electrons. The smallest absolute Gasteiger partial charge is 0.229 e. The largest absolute Gasteiger partial charge is 0.367 e. The summed E-state index contributed by atoms with van der Waals surface area (Å²) in [4.78, 5) is 4.61. The highest BCUT2D eigenvalue weighted by Crippen LogP contribution is 2.41. The minimum atomic E-state index is -0.342. The van der Waals surface area contributed by atoms with Crippen molar-refractivity contribution in [2.24, 2.45) is 11.7 Å². The van der Waals surface area contributed by atoms with Crippen LogP contribution < -0.4 is 5.73 Å². The predicted molar refractivity (Wildman–Crippen MR) is 77.3 cm³/mol. The van der Waals surface area contributed by atoms with Crippen LogP contribution >= 0.6 is 0 Å². The number of aromatic nitrogens is 2. The minimum Gasteiger partial charge on any atom is -0.367 e. The van der Waals surface area contributed by atoms with Gasteiger partial charge in [0.1, 0.15) is 5.60 Å². The van der Waals surface area contributed by atoms with Crippen LogP contribution in [-0.2, 0) is 10.3 Å². The molecule has 5 nitrogen and oxygen atoms in total. The summed E-state index contributed by atoms with van der Waals surface area (Å²) in [5, 5.41) is 4.21. The topological polar surface area (TPSA) is 74.2 Å². The first-order chi connectivity index (χ1) is 9.61. The third-order valence-electron chi connectivity index (χ3n) is 4.37. The SMILES string of the molecule is CCOC1(c2noc(C(C)CCN)n2)CCC(C)CC1. The average molecular weight is 281 g/mol. The molecule has 1 aliphatic rings. The zero-order valence-corrected chi connectivity index (χ0v) is 12.9. The molecule has 1 aliphatic carbocycles. The van der Waals surface area contributed by atoms with Crippen LogP contribution in [0.4, 0.5) is 0 Å². The van der Waals surface area contributed by atoms with Gasteiger partial charge in [-0.05, 0) is 51.5 Å². The lowest BCUT2D eigenvalue weighted by Crippen LogP contribution is -2.35. The molecule has 0 spiro atoms. The minimum absolute atomic E-state index is 0.211. The molecule has 1 aromatic heterocycles. The summed E-state index contributed by atoms with van der Waals surface area (Å²) in [7, 11) is 0. The fraction of sp³-hybridized carbons (Fsp3) is 0.867. The number of nitrogens with zero attached hydrogens (tertiary/aromatic N) is 2. The highest BCUT2D eigenvalue weighted by molar-refractivity contribution is 5.05. The summed E-state index contributed by atoms with van der Waals surface area (Å²) < 4.78 is 11.5. The van der Waals surface area contributed by atoms with Crippen LogP contribution in [0.2, 0.25) is 0 Å². The third kappa shape index (κ3) is 3.20. The zero-order valence-electron chi connectivity index (χ0n) is 12.9. The molecular formula is C15H27N3O2. The molecular weight excluding hydrogens is 254 g/mol. The van der Waals surface area contributed by atoms with Gasteiger partial charge in [0.25, 0.3) is 0 Å². The van der Waals surface area contributed by atoms with E-state index in [1.807, 2.05) is 6.92 Å². The molecule has 114 valence electrons. The first-order valence-corrected chi connectivity index (χ1v) is 7.79. The fourth-order valence-electron chi connectivity index (χ4n) is 2.93. The first-order valence-electron chi connectivity index (χ1n) is 7.79. The number of ether oxygens (including phenoxy) is 1. The second-order valence-corrected chi connectivity index (χ2v) is 6.04. The molecule has 0 aromatic carbocycles.